The van der Waals surface area contributed by atoms with Gasteiger partial charge < -0.3 is 15.2 Å². The van der Waals surface area contributed by atoms with Crippen LogP contribution in [0.5, 0.6) is 0 Å². The SMILES string of the molecule is CC(CO)CNC(=O)OCc1ccccc1. The van der Waals surface area contributed by atoms with Crippen molar-refractivity contribution in [3.05, 3.63) is 35.9 Å². The minimum atomic E-state index is -0.454. The van der Waals surface area contributed by atoms with E-state index in [0.717, 1.165) is 5.56 Å². The molecule has 0 heterocycles. The van der Waals surface area contributed by atoms with Crippen LogP contribution in [0.2, 0.25) is 0 Å². The minimum Gasteiger partial charge on any atom is -0.445 e. The lowest BCUT2D eigenvalue weighted by Gasteiger charge is -2.10. The van der Waals surface area contributed by atoms with Gasteiger partial charge in [-0.05, 0) is 11.5 Å². The third kappa shape index (κ3) is 4.79. The minimum absolute atomic E-state index is 0.0456. The quantitative estimate of drug-likeness (QED) is 0.796. The third-order valence-electron chi connectivity index (χ3n) is 2.12. The van der Waals surface area contributed by atoms with Gasteiger partial charge in [0.05, 0.1) is 0 Å². The van der Waals surface area contributed by atoms with E-state index in [2.05, 4.69) is 5.32 Å². The largest absolute Gasteiger partial charge is 0.445 e. The van der Waals surface area contributed by atoms with Gasteiger partial charge >= 0.3 is 6.09 Å². The first-order valence-electron chi connectivity index (χ1n) is 5.27. The average Bonchev–Trinajstić information content (AvgIpc) is 2.34. The summed E-state index contributed by atoms with van der Waals surface area (Å²) in [6, 6.07) is 9.48. The maximum Gasteiger partial charge on any atom is 0.407 e. The van der Waals surface area contributed by atoms with Crippen LogP contribution in [0.3, 0.4) is 0 Å². The Labute approximate surface area is 95.2 Å². The second-order valence-electron chi connectivity index (χ2n) is 3.73. The number of hydrogen-bond acceptors (Lipinski definition) is 3. The molecule has 4 nitrogen and oxygen atoms in total. The number of ether oxygens (including phenoxy) is 1. The molecule has 0 aliphatic carbocycles. The Kier molecular flexibility index (Phi) is 5.36. The second-order valence-corrected chi connectivity index (χ2v) is 3.73. The summed E-state index contributed by atoms with van der Waals surface area (Å²) in [4.78, 5) is 11.2. The molecule has 0 radical (unpaired) electrons. The fourth-order valence-corrected chi connectivity index (χ4v) is 1.10. The van der Waals surface area contributed by atoms with Gasteiger partial charge in [-0.25, -0.2) is 4.79 Å². The van der Waals surface area contributed by atoms with E-state index in [4.69, 9.17) is 9.84 Å². The first-order chi connectivity index (χ1) is 7.72. The molecule has 1 unspecified atom stereocenters. The molecule has 0 saturated carbocycles. The van der Waals surface area contributed by atoms with E-state index < -0.39 is 6.09 Å². The smallest absolute Gasteiger partial charge is 0.407 e. The molecule has 1 aromatic rings. The predicted octanol–water partition coefficient (Wildman–Crippen LogP) is 1.54. The monoisotopic (exact) mass is 223 g/mol. The van der Waals surface area contributed by atoms with Crippen molar-refractivity contribution in [3.63, 3.8) is 0 Å². The van der Waals surface area contributed by atoms with Crippen LogP contribution in [0.25, 0.3) is 0 Å². The molecule has 2 N–H and O–H groups in total. The van der Waals surface area contributed by atoms with Gasteiger partial charge in [0.15, 0.2) is 0 Å². The molecule has 1 aromatic carbocycles. The van der Waals surface area contributed by atoms with Gasteiger partial charge in [-0.3, -0.25) is 0 Å². The van der Waals surface area contributed by atoms with Gasteiger partial charge in [0, 0.05) is 13.2 Å². The van der Waals surface area contributed by atoms with Crippen molar-refractivity contribution < 1.29 is 14.6 Å². The van der Waals surface area contributed by atoms with Gasteiger partial charge in [0.1, 0.15) is 6.61 Å². The molecule has 88 valence electrons. The van der Waals surface area contributed by atoms with Gasteiger partial charge in [-0.15, -0.1) is 0 Å². The molecule has 1 atom stereocenters. The van der Waals surface area contributed by atoms with Crippen molar-refractivity contribution in [2.45, 2.75) is 13.5 Å². The summed E-state index contributed by atoms with van der Waals surface area (Å²) in [6.07, 6.45) is -0.454. The summed E-state index contributed by atoms with van der Waals surface area (Å²) in [5.41, 5.74) is 0.952. The number of nitrogens with one attached hydrogen (secondary N) is 1. The molecule has 0 spiro atoms. The van der Waals surface area contributed by atoms with Crippen molar-refractivity contribution in [2.75, 3.05) is 13.2 Å². The molecule has 1 rings (SSSR count). The number of carbonyl (C=O) groups is 1. The summed E-state index contributed by atoms with van der Waals surface area (Å²) in [5, 5.41) is 11.3. The van der Waals surface area contributed by atoms with E-state index in [9.17, 15) is 4.79 Å². The van der Waals surface area contributed by atoms with Gasteiger partial charge in [0.25, 0.3) is 0 Å². The van der Waals surface area contributed by atoms with E-state index in [1.165, 1.54) is 0 Å². The van der Waals surface area contributed by atoms with E-state index in [1.54, 1.807) is 0 Å². The van der Waals surface area contributed by atoms with Crippen molar-refractivity contribution in [3.8, 4) is 0 Å². The van der Waals surface area contributed by atoms with Crippen LogP contribution in [-0.4, -0.2) is 24.4 Å². The number of benzene rings is 1. The van der Waals surface area contributed by atoms with Crippen LogP contribution in [0, 0.1) is 5.92 Å². The fraction of sp³-hybridized carbons (Fsp3) is 0.417. The molecule has 4 heteroatoms. The number of hydrogen-bond donors (Lipinski definition) is 2. The molecular formula is C12H17NO3. The Bertz CT molecular complexity index is 313. The van der Waals surface area contributed by atoms with Gasteiger partial charge in [-0.2, -0.15) is 0 Å². The zero-order valence-corrected chi connectivity index (χ0v) is 9.35. The predicted molar refractivity (Wildman–Crippen MR) is 60.9 cm³/mol. The Morgan fingerprint density at radius 3 is 2.75 bits per heavy atom. The zero-order chi connectivity index (χ0) is 11.8. The van der Waals surface area contributed by atoms with Crippen LogP contribution in [0.1, 0.15) is 12.5 Å². The highest BCUT2D eigenvalue weighted by molar-refractivity contribution is 5.67. The maximum atomic E-state index is 11.2. The molecular weight excluding hydrogens is 206 g/mol. The van der Waals surface area contributed by atoms with Crippen LogP contribution in [-0.2, 0) is 11.3 Å². The second kappa shape index (κ2) is 6.85. The Hall–Kier alpha value is -1.55. The molecule has 0 aromatic heterocycles. The lowest BCUT2D eigenvalue weighted by molar-refractivity contribution is 0.136. The summed E-state index contributed by atoms with van der Waals surface area (Å²) >= 11 is 0. The van der Waals surface area contributed by atoms with Crippen molar-refractivity contribution >= 4 is 6.09 Å². The zero-order valence-electron chi connectivity index (χ0n) is 9.35. The molecule has 1 amide bonds. The lowest BCUT2D eigenvalue weighted by Crippen LogP contribution is -2.29. The highest BCUT2D eigenvalue weighted by Crippen LogP contribution is 2.00. The molecule has 16 heavy (non-hydrogen) atoms. The number of aliphatic hydroxyl groups excluding tert-OH is 1. The van der Waals surface area contributed by atoms with E-state index in [1.807, 2.05) is 37.3 Å². The number of amides is 1. The summed E-state index contributed by atoms with van der Waals surface area (Å²) in [6.45, 7) is 2.58. The topological polar surface area (TPSA) is 58.6 Å². The van der Waals surface area contributed by atoms with E-state index in [0.29, 0.717) is 6.54 Å². The average molecular weight is 223 g/mol. The van der Waals surface area contributed by atoms with E-state index >= 15 is 0 Å². The molecule has 0 bridgehead atoms. The molecule has 0 saturated heterocycles. The highest BCUT2D eigenvalue weighted by Gasteiger charge is 2.05. The van der Waals surface area contributed by atoms with Crippen LogP contribution in [0.15, 0.2) is 30.3 Å². The normalized spacial score (nSPS) is 11.9. The first kappa shape index (κ1) is 12.5. The third-order valence-corrected chi connectivity index (χ3v) is 2.12. The molecule has 0 fully saturated rings. The summed E-state index contributed by atoms with van der Waals surface area (Å²) < 4.78 is 4.99. The van der Waals surface area contributed by atoms with Crippen molar-refractivity contribution in [1.29, 1.82) is 0 Å². The number of aliphatic hydroxyl groups is 1. The summed E-state index contributed by atoms with van der Waals surface area (Å²) in [5.74, 6) is 0.0456. The molecule has 0 aliphatic rings. The number of rotatable bonds is 5. The Morgan fingerprint density at radius 1 is 1.44 bits per heavy atom. The summed E-state index contributed by atoms with van der Waals surface area (Å²) in [7, 11) is 0. The van der Waals surface area contributed by atoms with Gasteiger partial charge in [0.2, 0.25) is 0 Å². The fourth-order valence-electron chi connectivity index (χ4n) is 1.10. The first-order valence-corrected chi connectivity index (χ1v) is 5.27. The van der Waals surface area contributed by atoms with Gasteiger partial charge in [-0.1, -0.05) is 37.3 Å². The van der Waals surface area contributed by atoms with E-state index in [-0.39, 0.29) is 19.1 Å². The number of alkyl carbamates (subject to hydrolysis) is 1. The van der Waals surface area contributed by atoms with Crippen molar-refractivity contribution in [1.82, 2.24) is 5.32 Å². The Balaban J connectivity index is 2.20. The Morgan fingerprint density at radius 2 is 2.12 bits per heavy atom. The van der Waals surface area contributed by atoms with Crippen LogP contribution >= 0.6 is 0 Å². The van der Waals surface area contributed by atoms with Crippen LogP contribution in [0.4, 0.5) is 4.79 Å². The number of carbonyl (C=O) groups excluding carboxylic acids is 1. The lowest BCUT2D eigenvalue weighted by atomic mass is 10.2. The molecule has 0 aliphatic heterocycles. The standard InChI is InChI=1S/C12H17NO3/c1-10(8-14)7-13-12(15)16-9-11-5-3-2-4-6-11/h2-6,10,14H,7-9H2,1H3,(H,13,15). The maximum absolute atomic E-state index is 11.2. The van der Waals surface area contributed by atoms with Crippen LogP contribution < -0.4 is 5.32 Å². The van der Waals surface area contributed by atoms with Crippen molar-refractivity contribution in [2.24, 2.45) is 5.92 Å². The highest BCUT2D eigenvalue weighted by atomic mass is 16.5.